The van der Waals surface area contributed by atoms with Crippen molar-refractivity contribution >= 4 is 5.71 Å². The van der Waals surface area contributed by atoms with Crippen LogP contribution in [0.4, 0.5) is 0 Å². The summed E-state index contributed by atoms with van der Waals surface area (Å²) in [6, 6.07) is 0.420. The second-order valence-electron chi connectivity index (χ2n) is 4.39. The highest BCUT2D eigenvalue weighted by atomic mass is 16.5. The van der Waals surface area contributed by atoms with Crippen molar-refractivity contribution in [2.45, 2.75) is 51.7 Å². The number of nitrogens with zero attached hydrogens (tertiary/aromatic N) is 1. The zero-order valence-electron chi connectivity index (χ0n) is 11.4. The second-order valence-corrected chi connectivity index (χ2v) is 4.39. The van der Waals surface area contributed by atoms with Gasteiger partial charge in [-0.25, -0.2) is 0 Å². The summed E-state index contributed by atoms with van der Waals surface area (Å²) in [5.41, 5.74) is 1.06. The van der Waals surface area contributed by atoms with Crippen LogP contribution < -0.4 is 5.32 Å². The number of piperidine rings is 1. The Morgan fingerprint density at radius 3 is 2.82 bits per heavy atom. The van der Waals surface area contributed by atoms with E-state index in [4.69, 9.17) is 4.74 Å². The molecule has 0 aromatic heterocycles. The predicted molar refractivity (Wildman–Crippen MR) is 73.8 cm³/mol. The molecule has 2 unspecified atom stereocenters. The van der Waals surface area contributed by atoms with Crippen LogP contribution in [0.15, 0.2) is 17.1 Å². The zero-order valence-corrected chi connectivity index (χ0v) is 11.4. The van der Waals surface area contributed by atoms with E-state index in [0.29, 0.717) is 6.04 Å². The lowest BCUT2D eigenvalue weighted by atomic mass is 9.96. The molecule has 0 bridgehead atoms. The molecule has 2 atom stereocenters. The lowest BCUT2D eigenvalue weighted by Gasteiger charge is -2.31. The Bertz CT molecular complexity index is 255. The van der Waals surface area contributed by atoms with E-state index in [1.165, 1.54) is 19.3 Å². The molecule has 0 spiro atoms. The molecule has 1 N–H and O–H groups in total. The Morgan fingerprint density at radius 1 is 1.47 bits per heavy atom. The van der Waals surface area contributed by atoms with Crippen LogP contribution >= 0.6 is 0 Å². The number of nitrogens with one attached hydrogen (secondary N) is 1. The fraction of sp³-hybridized carbons (Fsp3) is 0.786. The van der Waals surface area contributed by atoms with Crippen molar-refractivity contribution in [1.29, 1.82) is 0 Å². The minimum atomic E-state index is 0.105. The van der Waals surface area contributed by atoms with Crippen molar-refractivity contribution in [3.63, 3.8) is 0 Å². The molecular weight excluding hydrogens is 212 g/mol. The van der Waals surface area contributed by atoms with Gasteiger partial charge in [0.1, 0.15) is 6.10 Å². The second kappa shape index (κ2) is 8.43. The van der Waals surface area contributed by atoms with Crippen LogP contribution in [-0.2, 0) is 4.74 Å². The third-order valence-corrected chi connectivity index (χ3v) is 3.13. The van der Waals surface area contributed by atoms with Crippen LogP contribution in [0, 0.1) is 0 Å². The molecular formula is C14H26N2O. The summed E-state index contributed by atoms with van der Waals surface area (Å²) in [5, 5.41) is 3.56. The summed E-state index contributed by atoms with van der Waals surface area (Å²) >= 11 is 0. The third-order valence-electron chi connectivity index (χ3n) is 3.13. The van der Waals surface area contributed by atoms with E-state index in [-0.39, 0.29) is 6.10 Å². The topological polar surface area (TPSA) is 33.6 Å². The van der Waals surface area contributed by atoms with E-state index in [1.807, 2.05) is 14.0 Å². The summed E-state index contributed by atoms with van der Waals surface area (Å²) in [5.74, 6) is 0. The van der Waals surface area contributed by atoms with Crippen LogP contribution in [0.3, 0.4) is 0 Å². The van der Waals surface area contributed by atoms with E-state index in [1.54, 1.807) is 0 Å². The summed E-state index contributed by atoms with van der Waals surface area (Å²) in [6.07, 6.45) is 9.15. The molecule has 3 nitrogen and oxygen atoms in total. The molecule has 0 aromatic rings. The molecule has 0 amide bonds. The number of allylic oxidation sites excluding steroid dienone is 1. The van der Waals surface area contributed by atoms with E-state index in [9.17, 15) is 0 Å². The normalized spacial score (nSPS) is 24.2. The van der Waals surface area contributed by atoms with Gasteiger partial charge in [0.05, 0.1) is 5.71 Å². The van der Waals surface area contributed by atoms with Gasteiger partial charge in [0, 0.05) is 19.7 Å². The highest BCUT2D eigenvalue weighted by Crippen LogP contribution is 2.15. The first-order valence-electron chi connectivity index (χ1n) is 6.81. The number of hydrogen-bond donors (Lipinski definition) is 1. The fourth-order valence-electron chi connectivity index (χ4n) is 2.26. The monoisotopic (exact) mass is 238 g/mol. The smallest absolute Gasteiger partial charge is 0.114 e. The first-order valence-corrected chi connectivity index (χ1v) is 6.81. The summed E-state index contributed by atoms with van der Waals surface area (Å²) < 4.78 is 5.89. The highest BCUT2D eigenvalue weighted by molar-refractivity contribution is 5.99. The van der Waals surface area contributed by atoms with Gasteiger partial charge < -0.3 is 10.1 Å². The highest BCUT2D eigenvalue weighted by Gasteiger charge is 2.26. The van der Waals surface area contributed by atoms with Crippen LogP contribution in [0.2, 0.25) is 0 Å². The Labute approximate surface area is 105 Å². The number of aliphatic imine (C=N–C) groups is 1. The SMILES string of the molecule is CC/C=C\C(=NC)C(OCC)C1CCCCN1. The van der Waals surface area contributed by atoms with Crippen molar-refractivity contribution in [3.05, 3.63) is 12.2 Å². The van der Waals surface area contributed by atoms with Crippen LogP contribution in [0.1, 0.15) is 39.5 Å². The van der Waals surface area contributed by atoms with Gasteiger partial charge in [-0.15, -0.1) is 0 Å². The first-order chi connectivity index (χ1) is 8.33. The average molecular weight is 238 g/mol. The molecule has 1 heterocycles. The maximum Gasteiger partial charge on any atom is 0.114 e. The minimum absolute atomic E-state index is 0.105. The quantitative estimate of drug-likeness (QED) is 0.722. The summed E-state index contributed by atoms with van der Waals surface area (Å²) in [6.45, 7) is 6.02. The molecule has 1 aliphatic rings. The molecule has 1 saturated heterocycles. The van der Waals surface area contributed by atoms with E-state index >= 15 is 0 Å². The van der Waals surface area contributed by atoms with Crippen LogP contribution in [0.25, 0.3) is 0 Å². The third kappa shape index (κ3) is 4.60. The van der Waals surface area contributed by atoms with Gasteiger partial charge in [-0.1, -0.05) is 19.4 Å². The lowest BCUT2D eigenvalue weighted by molar-refractivity contribution is 0.0731. The van der Waals surface area contributed by atoms with E-state index in [2.05, 4.69) is 29.4 Å². The zero-order chi connectivity index (χ0) is 12.5. The number of rotatable bonds is 6. The predicted octanol–water partition coefficient (Wildman–Crippen LogP) is 2.57. The van der Waals surface area contributed by atoms with Crippen LogP contribution in [0.5, 0.6) is 0 Å². The Hall–Kier alpha value is -0.670. The van der Waals surface area contributed by atoms with Crippen molar-refractivity contribution in [2.24, 2.45) is 4.99 Å². The van der Waals surface area contributed by atoms with Gasteiger partial charge >= 0.3 is 0 Å². The van der Waals surface area contributed by atoms with Gasteiger partial charge in [0.25, 0.3) is 0 Å². The van der Waals surface area contributed by atoms with Gasteiger partial charge in [-0.2, -0.15) is 0 Å². The standard InChI is InChI=1S/C14H26N2O/c1-4-6-9-12(15-3)14(17-5-2)13-10-7-8-11-16-13/h6,9,13-14,16H,4-5,7-8,10-11H2,1-3H3/b9-6-,15-12?. The average Bonchev–Trinajstić information content (AvgIpc) is 2.39. The molecule has 0 radical (unpaired) electrons. The van der Waals surface area contributed by atoms with Gasteiger partial charge in [-0.3, -0.25) is 4.99 Å². The molecule has 1 fully saturated rings. The Kier molecular flexibility index (Phi) is 7.13. The van der Waals surface area contributed by atoms with Crippen molar-refractivity contribution in [1.82, 2.24) is 5.32 Å². The molecule has 0 aromatic carbocycles. The van der Waals surface area contributed by atoms with Gasteiger partial charge in [0.15, 0.2) is 0 Å². The lowest BCUT2D eigenvalue weighted by Crippen LogP contribution is -2.48. The molecule has 3 heteroatoms. The van der Waals surface area contributed by atoms with Crippen molar-refractivity contribution in [3.8, 4) is 0 Å². The van der Waals surface area contributed by atoms with E-state index in [0.717, 1.165) is 25.3 Å². The van der Waals surface area contributed by atoms with Crippen molar-refractivity contribution in [2.75, 3.05) is 20.2 Å². The fourth-order valence-corrected chi connectivity index (χ4v) is 2.26. The van der Waals surface area contributed by atoms with E-state index < -0.39 is 0 Å². The molecule has 17 heavy (non-hydrogen) atoms. The largest absolute Gasteiger partial charge is 0.371 e. The number of hydrogen-bond acceptors (Lipinski definition) is 3. The molecule has 98 valence electrons. The van der Waals surface area contributed by atoms with Gasteiger partial charge in [0.2, 0.25) is 0 Å². The van der Waals surface area contributed by atoms with Crippen molar-refractivity contribution < 1.29 is 4.74 Å². The first kappa shape index (κ1) is 14.4. The molecule has 1 aliphatic heterocycles. The number of ether oxygens (including phenoxy) is 1. The minimum Gasteiger partial charge on any atom is -0.371 e. The maximum absolute atomic E-state index is 5.89. The molecule has 1 rings (SSSR count). The Balaban J connectivity index is 2.70. The maximum atomic E-state index is 5.89. The summed E-state index contributed by atoms with van der Waals surface area (Å²) in [7, 11) is 1.85. The molecule has 0 saturated carbocycles. The van der Waals surface area contributed by atoms with Crippen LogP contribution in [-0.4, -0.2) is 38.1 Å². The Morgan fingerprint density at radius 2 is 2.29 bits per heavy atom. The molecule has 0 aliphatic carbocycles. The van der Waals surface area contributed by atoms with Gasteiger partial charge in [-0.05, 0) is 38.8 Å². The summed E-state index contributed by atoms with van der Waals surface area (Å²) in [4.78, 5) is 4.38.